The standard InChI is InChI=1S/C8H17N3O2S/c1-7(5-6-9)10-14(12,13)11-8(2,3)4/h7,10-11H,5H2,1-4H3. The molecule has 0 saturated carbocycles. The first kappa shape index (κ1) is 13.4. The quantitative estimate of drug-likeness (QED) is 0.722. The lowest BCUT2D eigenvalue weighted by atomic mass is 10.1. The lowest BCUT2D eigenvalue weighted by Crippen LogP contribution is -2.49. The van der Waals surface area contributed by atoms with Crippen LogP contribution in [-0.4, -0.2) is 20.0 Å². The Hall–Kier alpha value is -0.640. The molecule has 0 spiro atoms. The van der Waals surface area contributed by atoms with Crippen LogP contribution in [0.25, 0.3) is 0 Å². The SMILES string of the molecule is CC(CC#N)NS(=O)(=O)NC(C)(C)C. The smallest absolute Gasteiger partial charge is 0.198 e. The minimum atomic E-state index is -3.51. The molecule has 2 N–H and O–H groups in total. The second-order valence-electron chi connectivity index (χ2n) is 4.24. The molecule has 0 saturated heterocycles. The van der Waals surface area contributed by atoms with Gasteiger partial charge >= 0.3 is 0 Å². The molecule has 0 rings (SSSR count). The van der Waals surface area contributed by atoms with Crippen molar-refractivity contribution in [1.82, 2.24) is 9.44 Å². The van der Waals surface area contributed by atoms with Gasteiger partial charge in [0.05, 0.1) is 12.5 Å². The Kier molecular flexibility index (Phi) is 4.52. The molecule has 6 heteroatoms. The van der Waals surface area contributed by atoms with E-state index < -0.39 is 15.7 Å². The summed E-state index contributed by atoms with van der Waals surface area (Å²) in [6.45, 7) is 6.90. The van der Waals surface area contributed by atoms with Crippen molar-refractivity contribution >= 4 is 10.2 Å². The summed E-state index contributed by atoms with van der Waals surface area (Å²) in [4.78, 5) is 0. The maximum Gasteiger partial charge on any atom is 0.277 e. The first-order valence-electron chi connectivity index (χ1n) is 4.34. The fraction of sp³-hybridized carbons (Fsp3) is 0.875. The van der Waals surface area contributed by atoms with Gasteiger partial charge in [0.1, 0.15) is 0 Å². The van der Waals surface area contributed by atoms with Crippen molar-refractivity contribution in [2.24, 2.45) is 0 Å². The molecule has 1 unspecified atom stereocenters. The summed E-state index contributed by atoms with van der Waals surface area (Å²) in [7, 11) is -3.51. The highest BCUT2D eigenvalue weighted by Gasteiger charge is 2.21. The van der Waals surface area contributed by atoms with Crippen LogP contribution in [0.5, 0.6) is 0 Å². The first-order chi connectivity index (χ1) is 6.16. The Labute approximate surface area is 85.7 Å². The van der Waals surface area contributed by atoms with Crippen molar-refractivity contribution in [2.75, 3.05) is 0 Å². The number of nitrogens with zero attached hydrogens (tertiary/aromatic N) is 1. The van der Waals surface area contributed by atoms with Gasteiger partial charge in [0.2, 0.25) is 0 Å². The van der Waals surface area contributed by atoms with E-state index in [1.165, 1.54) is 0 Å². The van der Waals surface area contributed by atoms with Gasteiger partial charge in [-0.05, 0) is 27.7 Å². The third-order valence-electron chi connectivity index (χ3n) is 1.19. The van der Waals surface area contributed by atoms with Crippen LogP contribution in [0.4, 0.5) is 0 Å². The van der Waals surface area contributed by atoms with E-state index in [4.69, 9.17) is 5.26 Å². The van der Waals surface area contributed by atoms with E-state index in [-0.39, 0.29) is 12.5 Å². The van der Waals surface area contributed by atoms with Gasteiger partial charge in [-0.3, -0.25) is 0 Å². The zero-order valence-electron chi connectivity index (χ0n) is 8.96. The Bertz CT molecular complexity index is 310. The van der Waals surface area contributed by atoms with Crippen LogP contribution in [0.2, 0.25) is 0 Å². The Balaban J connectivity index is 4.31. The van der Waals surface area contributed by atoms with E-state index in [2.05, 4.69) is 9.44 Å². The van der Waals surface area contributed by atoms with E-state index >= 15 is 0 Å². The van der Waals surface area contributed by atoms with Crippen molar-refractivity contribution < 1.29 is 8.42 Å². The van der Waals surface area contributed by atoms with Gasteiger partial charge in [0.25, 0.3) is 10.2 Å². The van der Waals surface area contributed by atoms with Crippen LogP contribution in [-0.2, 0) is 10.2 Å². The van der Waals surface area contributed by atoms with Gasteiger partial charge in [0, 0.05) is 11.6 Å². The highest BCUT2D eigenvalue weighted by molar-refractivity contribution is 7.87. The second kappa shape index (κ2) is 4.73. The van der Waals surface area contributed by atoms with Gasteiger partial charge in [-0.1, -0.05) is 0 Å². The number of hydrogen-bond donors (Lipinski definition) is 2. The van der Waals surface area contributed by atoms with Crippen LogP contribution in [0, 0.1) is 11.3 Å². The molecule has 0 fully saturated rings. The van der Waals surface area contributed by atoms with Crippen molar-refractivity contribution in [3.05, 3.63) is 0 Å². The summed E-state index contributed by atoms with van der Waals surface area (Å²) in [5.41, 5.74) is -0.516. The normalized spacial score (nSPS) is 14.8. The third-order valence-corrected chi connectivity index (χ3v) is 2.79. The Morgan fingerprint density at radius 2 is 1.93 bits per heavy atom. The molecule has 0 aromatic carbocycles. The predicted molar refractivity (Wildman–Crippen MR) is 54.6 cm³/mol. The average molecular weight is 219 g/mol. The molecule has 14 heavy (non-hydrogen) atoms. The predicted octanol–water partition coefficient (Wildman–Crippen LogP) is 0.511. The molecule has 0 aliphatic rings. The van der Waals surface area contributed by atoms with E-state index in [1.807, 2.05) is 6.07 Å². The largest absolute Gasteiger partial charge is 0.277 e. The maximum absolute atomic E-state index is 11.4. The fourth-order valence-electron chi connectivity index (χ4n) is 0.876. The topological polar surface area (TPSA) is 82.0 Å². The Morgan fingerprint density at radius 3 is 2.29 bits per heavy atom. The molecule has 5 nitrogen and oxygen atoms in total. The van der Waals surface area contributed by atoms with Gasteiger partial charge in [-0.15, -0.1) is 0 Å². The molecule has 0 aliphatic heterocycles. The van der Waals surface area contributed by atoms with Crippen LogP contribution < -0.4 is 9.44 Å². The summed E-state index contributed by atoms with van der Waals surface area (Å²) < 4.78 is 27.6. The number of nitriles is 1. The average Bonchev–Trinajstić information content (AvgIpc) is 1.78. The highest BCUT2D eigenvalue weighted by atomic mass is 32.2. The van der Waals surface area contributed by atoms with E-state index in [0.29, 0.717) is 0 Å². The molecular formula is C8H17N3O2S. The minimum Gasteiger partial charge on any atom is -0.198 e. The summed E-state index contributed by atoms with van der Waals surface area (Å²) in [6, 6.07) is 1.52. The van der Waals surface area contributed by atoms with E-state index in [0.717, 1.165) is 0 Å². The zero-order valence-corrected chi connectivity index (χ0v) is 9.77. The third kappa shape index (κ3) is 6.83. The van der Waals surface area contributed by atoms with Gasteiger partial charge in [0.15, 0.2) is 0 Å². The van der Waals surface area contributed by atoms with Gasteiger partial charge in [-0.2, -0.15) is 23.1 Å². The highest BCUT2D eigenvalue weighted by Crippen LogP contribution is 2.01. The lowest BCUT2D eigenvalue weighted by Gasteiger charge is -2.21. The minimum absolute atomic E-state index is 0.158. The molecule has 0 radical (unpaired) electrons. The van der Waals surface area contributed by atoms with Crippen LogP contribution in [0.15, 0.2) is 0 Å². The van der Waals surface area contributed by atoms with Gasteiger partial charge in [-0.25, -0.2) is 0 Å². The summed E-state index contributed by atoms with van der Waals surface area (Å²) in [6.07, 6.45) is 0.158. The van der Waals surface area contributed by atoms with Crippen LogP contribution in [0.1, 0.15) is 34.1 Å². The monoisotopic (exact) mass is 219 g/mol. The number of nitrogens with one attached hydrogen (secondary N) is 2. The zero-order chi connectivity index (χ0) is 11.4. The molecule has 82 valence electrons. The second-order valence-corrected chi connectivity index (χ2v) is 5.68. The molecule has 0 aromatic rings. The first-order valence-corrected chi connectivity index (χ1v) is 5.83. The molecule has 0 amide bonds. The Morgan fingerprint density at radius 1 is 1.43 bits per heavy atom. The number of hydrogen-bond acceptors (Lipinski definition) is 3. The van der Waals surface area contributed by atoms with Crippen molar-refractivity contribution in [2.45, 2.75) is 45.7 Å². The van der Waals surface area contributed by atoms with Crippen molar-refractivity contribution in [3.8, 4) is 6.07 Å². The molecule has 0 aliphatic carbocycles. The van der Waals surface area contributed by atoms with E-state index in [1.54, 1.807) is 27.7 Å². The van der Waals surface area contributed by atoms with Crippen molar-refractivity contribution in [1.29, 1.82) is 5.26 Å². The summed E-state index contributed by atoms with van der Waals surface area (Å²) in [5.74, 6) is 0. The summed E-state index contributed by atoms with van der Waals surface area (Å²) >= 11 is 0. The molecule has 0 bridgehead atoms. The number of rotatable bonds is 4. The maximum atomic E-state index is 11.4. The van der Waals surface area contributed by atoms with Crippen LogP contribution in [0.3, 0.4) is 0 Å². The van der Waals surface area contributed by atoms with Crippen molar-refractivity contribution in [3.63, 3.8) is 0 Å². The van der Waals surface area contributed by atoms with E-state index in [9.17, 15) is 8.42 Å². The molecule has 1 atom stereocenters. The summed E-state index contributed by atoms with van der Waals surface area (Å²) in [5, 5.41) is 8.36. The van der Waals surface area contributed by atoms with Gasteiger partial charge < -0.3 is 0 Å². The molecular weight excluding hydrogens is 202 g/mol. The molecule has 0 aromatic heterocycles. The molecule has 0 heterocycles. The lowest BCUT2D eigenvalue weighted by molar-refractivity contribution is 0.477. The van der Waals surface area contributed by atoms with Crippen LogP contribution >= 0.6 is 0 Å². The fourth-order valence-corrected chi connectivity index (χ4v) is 2.35.